The van der Waals surface area contributed by atoms with Gasteiger partial charge in [-0.1, -0.05) is 0 Å². The minimum atomic E-state index is -4.63. The quantitative estimate of drug-likeness (QED) is 0.745. The molecule has 3 rings (SSSR count). The lowest BCUT2D eigenvalue weighted by atomic mass is 10.1. The number of esters is 1. The highest BCUT2D eigenvalue weighted by Gasteiger charge is 2.35. The van der Waals surface area contributed by atoms with Crippen molar-refractivity contribution in [2.75, 3.05) is 16.8 Å². The molecule has 1 N–H and O–H groups in total. The number of amides is 2. The summed E-state index contributed by atoms with van der Waals surface area (Å²) in [7, 11) is 1.33. The zero-order valence-electron chi connectivity index (χ0n) is 15.7. The second-order valence-electron chi connectivity index (χ2n) is 6.43. The topological polar surface area (TPSA) is 111 Å². The summed E-state index contributed by atoms with van der Waals surface area (Å²) >= 11 is 0. The van der Waals surface area contributed by atoms with Gasteiger partial charge in [-0.25, -0.2) is 9.48 Å². The zero-order valence-corrected chi connectivity index (χ0v) is 15.7. The smallest absolute Gasteiger partial charge is 0.416 e. The monoisotopic (exact) mass is 424 g/mol. The van der Waals surface area contributed by atoms with Crippen molar-refractivity contribution in [2.24, 2.45) is 7.05 Å². The van der Waals surface area contributed by atoms with Gasteiger partial charge in [0.05, 0.1) is 16.9 Å². The summed E-state index contributed by atoms with van der Waals surface area (Å²) < 4.78 is 44.7. The molecule has 0 aliphatic carbocycles. The predicted molar refractivity (Wildman–Crippen MR) is 96.8 cm³/mol. The number of carbonyl (C=O) groups excluding carboxylic acids is 3. The third-order valence-electron chi connectivity index (χ3n) is 4.26. The van der Waals surface area contributed by atoms with E-state index in [4.69, 9.17) is 4.74 Å². The number of alkyl halides is 3. The first-order chi connectivity index (χ1) is 14.0. The van der Waals surface area contributed by atoms with E-state index in [0.717, 1.165) is 39.9 Å². The van der Waals surface area contributed by atoms with Crippen LogP contribution in [-0.2, 0) is 27.5 Å². The van der Waals surface area contributed by atoms with Gasteiger partial charge in [0.1, 0.15) is 6.54 Å². The Morgan fingerprint density at radius 3 is 2.53 bits per heavy atom. The fourth-order valence-electron chi connectivity index (χ4n) is 2.76. The number of hydrogen-bond acceptors (Lipinski definition) is 6. The molecule has 12 heteroatoms. The SMILES string of the molecule is CC(OC(=O)c1ccc(=O)n(C)n1)C(=O)N1CC(=O)Nc2cc(C(F)(F)F)ccc21. The Labute approximate surface area is 167 Å². The normalized spacial score (nSPS) is 14.6. The van der Waals surface area contributed by atoms with Gasteiger partial charge in [-0.05, 0) is 31.2 Å². The summed E-state index contributed by atoms with van der Waals surface area (Å²) in [5.41, 5.74) is -1.81. The Morgan fingerprint density at radius 1 is 1.20 bits per heavy atom. The molecule has 158 valence electrons. The van der Waals surface area contributed by atoms with Gasteiger partial charge in [0.25, 0.3) is 11.5 Å². The van der Waals surface area contributed by atoms with E-state index in [0.29, 0.717) is 0 Å². The number of fused-ring (bicyclic) bond motifs is 1. The summed E-state index contributed by atoms with van der Waals surface area (Å²) in [4.78, 5) is 49.1. The summed E-state index contributed by atoms with van der Waals surface area (Å²) in [6.07, 6.45) is -6.00. The molecule has 9 nitrogen and oxygen atoms in total. The molecule has 0 saturated carbocycles. The molecule has 2 aromatic rings. The standard InChI is InChI=1S/C18H15F3N4O5/c1-9(30-17(29)11-4-6-15(27)24(2)23-11)16(28)25-8-14(26)22-12-7-10(18(19,20)21)3-5-13(12)25/h3-7,9H,8H2,1-2H3,(H,22,26). The fourth-order valence-corrected chi connectivity index (χ4v) is 2.76. The van der Waals surface area contributed by atoms with Crippen LogP contribution in [0.1, 0.15) is 23.0 Å². The number of anilines is 2. The van der Waals surface area contributed by atoms with Gasteiger partial charge in [0.15, 0.2) is 11.8 Å². The first-order valence-electron chi connectivity index (χ1n) is 8.55. The average molecular weight is 424 g/mol. The molecular formula is C18H15F3N4O5. The number of ether oxygens (including phenoxy) is 1. The molecule has 1 aromatic carbocycles. The molecule has 1 aromatic heterocycles. The van der Waals surface area contributed by atoms with Gasteiger partial charge < -0.3 is 10.1 Å². The lowest BCUT2D eigenvalue weighted by Crippen LogP contribution is -2.47. The summed E-state index contributed by atoms with van der Waals surface area (Å²) in [5, 5.41) is 6.00. The zero-order chi connectivity index (χ0) is 22.2. The molecule has 0 bridgehead atoms. The van der Waals surface area contributed by atoms with E-state index in [1.807, 2.05) is 0 Å². The van der Waals surface area contributed by atoms with Crippen LogP contribution < -0.4 is 15.8 Å². The highest BCUT2D eigenvalue weighted by molar-refractivity contribution is 6.11. The van der Waals surface area contributed by atoms with Gasteiger partial charge in [-0.2, -0.15) is 18.3 Å². The fraction of sp³-hybridized carbons (Fsp3) is 0.278. The highest BCUT2D eigenvalue weighted by atomic mass is 19.4. The van der Waals surface area contributed by atoms with E-state index in [2.05, 4.69) is 10.4 Å². The first kappa shape index (κ1) is 21.0. The molecule has 0 radical (unpaired) electrons. The van der Waals surface area contributed by atoms with Crippen LogP contribution >= 0.6 is 0 Å². The van der Waals surface area contributed by atoms with Crippen LogP contribution in [0.3, 0.4) is 0 Å². The minimum Gasteiger partial charge on any atom is -0.448 e. The van der Waals surface area contributed by atoms with Crippen molar-refractivity contribution in [3.8, 4) is 0 Å². The molecule has 2 amide bonds. The number of carbonyl (C=O) groups is 3. The van der Waals surface area contributed by atoms with Crippen molar-refractivity contribution < 1.29 is 32.3 Å². The van der Waals surface area contributed by atoms with Gasteiger partial charge in [-0.15, -0.1) is 0 Å². The Balaban J connectivity index is 1.82. The van der Waals surface area contributed by atoms with E-state index < -0.39 is 47.7 Å². The Morgan fingerprint density at radius 2 is 1.90 bits per heavy atom. The number of nitrogens with one attached hydrogen (secondary N) is 1. The van der Waals surface area contributed by atoms with E-state index in [1.54, 1.807) is 0 Å². The summed E-state index contributed by atoms with van der Waals surface area (Å²) in [6, 6.07) is 4.78. The lowest BCUT2D eigenvalue weighted by Gasteiger charge is -2.31. The van der Waals surface area contributed by atoms with Crippen LogP contribution in [0.15, 0.2) is 35.1 Å². The average Bonchev–Trinajstić information content (AvgIpc) is 2.67. The van der Waals surface area contributed by atoms with Crippen molar-refractivity contribution in [1.29, 1.82) is 0 Å². The maximum atomic E-state index is 12.9. The largest absolute Gasteiger partial charge is 0.448 e. The number of aromatic nitrogens is 2. The lowest BCUT2D eigenvalue weighted by molar-refractivity contribution is -0.137. The van der Waals surface area contributed by atoms with Gasteiger partial charge >= 0.3 is 12.1 Å². The molecule has 1 atom stereocenters. The summed E-state index contributed by atoms with van der Waals surface area (Å²) in [6.45, 7) is 0.787. The van der Waals surface area contributed by atoms with E-state index in [-0.39, 0.29) is 17.1 Å². The number of aryl methyl sites for hydroxylation is 1. The van der Waals surface area contributed by atoms with E-state index in [9.17, 15) is 32.3 Å². The van der Waals surface area contributed by atoms with Crippen molar-refractivity contribution in [3.63, 3.8) is 0 Å². The number of hydrogen-bond donors (Lipinski definition) is 1. The van der Waals surface area contributed by atoms with Gasteiger partial charge in [-0.3, -0.25) is 19.3 Å². The van der Waals surface area contributed by atoms with Crippen molar-refractivity contribution in [2.45, 2.75) is 19.2 Å². The Hall–Kier alpha value is -3.70. The van der Waals surface area contributed by atoms with Crippen LogP contribution in [0.4, 0.5) is 24.5 Å². The number of halogens is 3. The number of nitrogens with zero attached hydrogens (tertiary/aromatic N) is 3. The number of rotatable bonds is 3. The maximum Gasteiger partial charge on any atom is 0.416 e. The molecule has 0 saturated heterocycles. The maximum absolute atomic E-state index is 12.9. The Bertz CT molecular complexity index is 1100. The third-order valence-corrected chi connectivity index (χ3v) is 4.26. The Kier molecular flexibility index (Phi) is 5.33. The van der Waals surface area contributed by atoms with E-state index >= 15 is 0 Å². The molecular weight excluding hydrogens is 409 g/mol. The van der Waals surface area contributed by atoms with Gasteiger partial charge in [0, 0.05) is 13.1 Å². The van der Waals surface area contributed by atoms with Gasteiger partial charge in [0.2, 0.25) is 5.91 Å². The third kappa shape index (κ3) is 4.16. The molecule has 0 fully saturated rings. The van der Waals surface area contributed by atoms with E-state index in [1.165, 1.54) is 14.0 Å². The van der Waals surface area contributed by atoms with Crippen LogP contribution in [-0.4, -0.2) is 40.2 Å². The minimum absolute atomic E-state index is 0.0377. The summed E-state index contributed by atoms with van der Waals surface area (Å²) in [5.74, 6) is -2.50. The van der Waals surface area contributed by atoms with Crippen LogP contribution in [0.2, 0.25) is 0 Å². The molecule has 2 heterocycles. The second kappa shape index (κ2) is 7.61. The van der Waals surface area contributed by atoms with Crippen LogP contribution in [0.25, 0.3) is 0 Å². The molecule has 1 aliphatic heterocycles. The van der Waals surface area contributed by atoms with Crippen molar-refractivity contribution in [1.82, 2.24) is 9.78 Å². The molecule has 1 unspecified atom stereocenters. The van der Waals surface area contributed by atoms with Crippen LogP contribution in [0.5, 0.6) is 0 Å². The molecule has 30 heavy (non-hydrogen) atoms. The highest BCUT2D eigenvalue weighted by Crippen LogP contribution is 2.37. The van der Waals surface area contributed by atoms with Crippen molar-refractivity contribution in [3.05, 3.63) is 51.9 Å². The van der Waals surface area contributed by atoms with Crippen molar-refractivity contribution >= 4 is 29.2 Å². The number of benzene rings is 1. The second-order valence-corrected chi connectivity index (χ2v) is 6.43. The molecule has 1 aliphatic rings. The first-order valence-corrected chi connectivity index (χ1v) is 8.55. The predicted octanol–water partition coefficient (Wildman–Crippen LogP) is 1.33. The van der Waals surface area contributed by atoms with Crippen LogP contribution in [0, 0.1) is 0 Å². The molecule has 0 spiro atoms.